The molecule has 1 saturated carbocycles. The lowest BCUT2D eigenvalue weighted by Crippen LogP contribution is -2.54. The Labute approximate surface area is 240 Å². The van der Waals surface area contributed by atoms with Crippen molar-refractivity contribution < 1.29 is 29.0 Å². The highest BCUT2D eigenvalue weighted by atomic mass is 16.5. The van der Waals surface area contributed by atoms with E-state index in [1.807, 2.05) is 61.5 Å². The molecule has 8 nitrogen and oxygen atoms in total. The van der Waals surface area contributed by atoms with Crippen LogP contribution in [0, 0.1) is 5.92 Å². The largest absolute Gasteiger partial charge is 0.480 e. The van der Waals surface area contributed by atoms with Gasteiger partial charge in [0.2, 0.25) is 5.91 Å². The molecule has 0 aliphatic heterocycles. The highest BCUT2D eigenvalue weighted by Crippen LogP contribution is 2.45. The van der Waals surface area contributed by atoms with Crippen molar-refractivity contribution in [3.8, 4) is 11.1 Å². The number of carboxylic acid groups (broad SMARTS) is 1. The number of aliphatic carboxylic acids is 1. The fourth-order valence-corrected chi connectivity index (χ4v) is 5.71. The number of carbonyl (C=O) groups is 3. The molecule has 2 aliphatic rings. The van der Waals surface area contributed by atoms with Gasteiger partial charge in [-0.15, -0.1) is 0 Å². The molecule has 0 bridgehead atoms. The van der Waals surface area contributed by atoms with E-state index in [2.05, 4.69) is 34.9 Å². The molecular formula is C33H36N2O6. The Hall–Kier alpha value is -4.17. The second-order valence-corrected chi connectivity index (χ2v) is 11.2. The van der Waals surface area contributed by atoms with Crippen molar-refractivity contribution in [3.63, 3.8) is 0 Å². The second-order valence-electron chi connectivity index (χ2n) is 11.2. The molecule has 214 valence electrons. The number of amides is 2. The predicted molar refractivity (Wildman–Crippen MR) is 154 cm³/mol. The zero-order chi connectivity index (χ0) is 29.0. The first kappa shape index (κ1) is 28.4. The Kier molecular flexibility index (Phi) is 8.40. The lowest BCUT2D eigenvalue weighted by Gasteiger charge is -2.31. The summed E-state index contributed by atoms with van der Waals surface area (Å²) >= 11 is 0. The maximum absolute atomic E-state index is 13.1. The summed E-state index contributed by atoms with van der Waals surface area (Å²) in [4.78, 5) is 38.1. The Morgan fingerprint density at radius 2 is 1.51 bits per heavy atom. The molecular weight excluding hydrogens is 520 g/mol. The highest BCUT2D eigenvalue weighted by Gasteiger charge is 2.45. The van der Waals surface area contributed by atoms with E-state index < -0.39 is 35.7 Å². The molecule has 1 fully saturated rings. The molecule has 3 atom stereocenters. The van der Waals surface area contributed by atoms with E-state index >= 15 is 0 Å². The molecule has 0 aromatic heterocycles. The minimum absolute atomic E-state index is 0.0719. The van der Waals surface area contributed by atoms with Crippen molar-refractivity contribution in [2.45, 2.75) is 63.3 Å². The van der Waals surface area contributed by atoms with Crippen LogP contribution in [-0.4, -0.2) is 47.4 Å². The molecule has 3 aromatic carbocycles. The lowest BCUT2D eigenvalue weighted by molar-refractivity contribution is -0.146. The zero-order valence-corrected chi connectivity index (χ0v) is 23.3. The molecule has 0 radical (unpaired) electrons. The van der Waals surface area contributed by atoms with Crippen LogP contribution in [0.2, 0.25) is 0 Å². The third kappa shape index (κ3) is 6.60. The number of hydrogen-bond donors (Lipinski definition) is 3. The normalized spacial score (nSPS) is 16.9. The van der Waals surface area contributed by atoms with Crippen LogP contribution in [0.3, 0.4) is 0 Å². The number of nitrogens with one attached hydrogen (secondary N) is 2. The van der Waals surface area contributed by atoms with E-state index in [-0.39, 0.29) is 31.5 Å². The predicted octanol–water partition coefficient (Wildman–Crippen LogP) is 5.26. The SMILES string of the molecule is C[C@@H](OCc1ccccc1)[C@H](NC(=O)CC(C)(NC(=O)OCC1c2ccccc2-c2ccccc21)C1CC1)C(=O)O. The van der Waals surface area contributed by atoms with Crippen LogP contribution in [0.25, 0.3) is 11.1 Å². The van der Waals surface area contributed by atoms with E-state index in [0.717, 1.165) is 40.7 Å². The fourth-order valence-electron chi connectivity index (χ4n) is 5.71. The first-order chi connectivity index (χ1) is 19.7. The molecule has 8 heteroatoms. The standard InChI is InChI=1S/C33H36N2O6/c1-21(40-19-22-10-4-3-5-11-22)30(31(37)38)34-29(36)18-33(2,23-16-17-23)35-32(39)41-20-28-26-14-8-6-12-24(26)25-13-7-9-15-27(25)28/h3-15,21,23,28,30H,16-20H2,1-2H3,(H,34,36)(H,35,39)(H,37,38)/t21-,30+,33?/m1/s1. The maximum atomic E-state index is 13.1. The summed E-state index contributed by atoms with van der Waals surface area (Å²) in [7, 11) is 0. The summed E-state index contributed by atoms with van der Waals surface area (Å²) in [6, 6.07) is 24.4. The van der Waals surface area contributed by atoms with Crippen LogP contribution in [-0.2, 0) is 25.7 Å². The van der Waals surface area contributed by atoms with E-state index in [9.17, 15) is 19.5 Å². The first-order valence-electron chi connectivity index (χ1n) is 14.1. The molecule has 0 saturated heterocycles. The van der Waals surface area contributed by atoms with Gasteiger partial charge in [0, 0.05) is 12.3 Å². The van der Waals surface area contributed by atoms with Gasteiger partial charge >= 0.3 is 12.1 Å². The number of carboxylic acids is 1. The molecule has 0 spiro atoms. The molecule has 5 rings (SSSR count). The Morgan fingerprint density at radius 3 is 2.10 bits per heavy atom. The third-order valence-corrected chi connectivity index (χ3v) is 8.15. The minimum atomic E-state index is -1.23. The van der Waals surface area contributed by atoms with E-state index in [0.29, 0.717) is 0 Å². The highest BCUT2D eigenvalue weighted by molar-refractivity contribution is 5.85. The smallest absolute Gasteiger partial charge is 0.407 e. The number of benzene rings is 3. The Bertz CT molecular complexity index is 1360. The van der Waals surface area contributed by atoms with E-state index in [1.54, 1.807) is 6.92 Å². The van der Waals surface area contributed by atoms with Gasteiger partial charge < -0.3 is 25.2 Å². The summed E-state index contributed by atoms with van der Waals surface area (Å²) in [6.07, 6.45) is 0.304. The van der Waals surface area contributed by atoms with Crippen LogP contribution in [0.5, 0.6) is 0 Å². The average molecular weight is 557 g/mol. The van der Waals surface area contributed by atoms with Crippen LogP contribution >= 0.6 is 0 Å². The summed E-state index contributed by atoms with van der Waals surface area (Å²) in [5.41, 5.74) is 4.56. The average Bonchev–Trinajstić information content (AvgIpc) is 3.78. The molecule has 0 heterocycles. The summed E-state index contributed by atoms with van der Waals surface area (Å²) in [5, 5.41) is 15.3. The number of hydrogen-bond acceptors (Lipinski definition) is 5. The lowest BCUT2D eigenvalue weighted by atomic mass is 9.91. The molecule has 2 amide bonds. The molecule has 41 heavy (non-hydrogen) atoms. The number of fused-ring (bicyclic) bond motifs is 3. The summed E-state index contributed by atoms with van der Waals surface area (Å²) in [5.74, 6) is -1.63. The zero-order valence-electron chi connectivity index (χ0n) is 23.3. The van der Waals surface area contributed by atoms with Crippen LogP contribution in [0.15, 0.2) is 78.9 Å². The van der Waals surface area contributed by atoms with Gasteiger partial charge in [0.15, 0.2) is 6.04 Å². The number of alkyl carbamates (subject to hydrolysis) is 1. The van der Waals surface area contributed by atoms with Gasteiger partial charge in [-0.05, 0) is 60.4 Å². The number of carbonyl (C=O) groups excluding carboxylic acids is 2. The van der Waals surface area contributed by atoms with Crippen molar-refractivity contribution in [1.29, 1.82) is 0 Å². The number of rotatable bonds is 12. The quantitative estimate of drug-likeness (QED) is 0.281. The minimum Gasteiger partial charge on any atom is -0.480 e. The van der Waals surface area contributed by atoms with Gasteiger partial charge in [-0.3, -0.25) is 4.79 Å². The van der Waals surface area contributed by atoms with E-state index in [1.165, 1.54) is 0 Å². The van der Waals surface area contributed by atoms with Crippen molar-refractivity contribution in [2.24, 2.45) is 5.92 Å². The van der Waals surface area contributed by atoms with Gasteiger partial charge in [0.05, 0.1) is 18.2 Å². The number of ether oxygens (including phenoxy) is 2. The third-order valence-electron chi connectivity index (χ3n) is 8.15. The summed E-state index contributed by atoms with van der Waals surface area (Å²) in [6.45, 7) is 3.84. The van der Waals surface area contributed by atoms with Crippen LogP contribution in [0.4, 0.5) is 4.79 Å². The first-order valence-corrected chi connectivity index (χ1v) is 14.1. The molecule has 2 aliphatic carbocycles. The van der Waals surface area contributed by atoms with Gasteiger partial charge in [-0.2, -0.15) is 0 Å². The second kappa shape index (κ2) is 12.1. The van der Waals surface area contributed by atoms with Crippen molar-refractivity contribution in [2.75, 3.05) is 6.61 Å². The Balaban J connectivity index is 1.18. The molecule has 3 N–H and O–H groups in total. The van der Waals surface area contributed by atoms with Crippen LogP contribution in [0.1, 0.15) is 55.7 Å². The van der Waals surface area contributed by atoms with Gasteiger partial charge in [-0.1, -0.05) is 78.9 Å². The van der Waals surface area contributed by atoms with Gasteiger partial charge in [0.1, 0.15) is 6.61 Å². The maximum Gasteiger partial charge on any atom is 0.407 e. The topological polar surface area (TPSA) is 114 Å². The van der Waals surface area contributed by atoms with Crippen molar-refractivity contribution in [1.82, 2.24) is 10.6 Å². The van der Waals surface area contributed by atoms with Crippen molar-refractivity contribution in [3.05, 3.63) is 95.6 Å². The fraction of sp³-hybridized carbons (Fsp3) is 0.364. The molecule has 1 unspecified atom stereocenters. The summed E-state index contributed by atoms with van der Waals surface area (Å²) < 4.78 is 11.5. The van der Waals surface area contributed by atoms with Crippen molar-refractivity contribution >= 4 is 18.0 Å². The Morgan fingerprint density at radius 1 is 0.927 bits per heavy atom. The molecule has 3 aromatic rings. The van der Waals surface area contributed by atoms with Gasteiger partial charge in [-0.25, -0.2) is 9.59 Å². The van der Waals surface area contributed by atoms with Crippen LogP contribution < -0.4 is 10.6 Å². The monoisotopic (exact) mass is 556 g/mol. The van der Waals surface area contributed by atoms with Gasteiger partial charge in [0.25, 0.3) is 0 Å². The van der Waals surface area contributed by atoms with E-state index in [4.69, 9.17) is 9.47 Å².